The van der Waals surface area contributed by atoms with Gasteiger partial charge in [-0.15, -0.1) is 0 Å². The Morgan fingerprint density at radius 3 is 3.05 bits per heavy atom. The predicted octanol–water partition coefficient (Wildman–Crippen LogP) is 2.66. The number of aromatic nitrogens is 2. The number of ether oxygens (including phenoxy) is 1. The highest BCUT2D eigenvalue weighted by molar-refractivity contribution is 7.99. The lowest BCUT2D eigenvalue weighted by molar-refractivity contribution is 0.0524. The van der Waals surface area contributed by atoms with Crippen molar-refractivity contribution in [3.8, 4) is 0 Å². The highest BCUT2D eigenvalue weighted by Crippen LogP contribution is 2.24. The van der Waals surface area contributed by atoms with Crippen molar-refractivity contribution in [2.45, 2.75) is 38.4 Å². The Morgan fingerprint density at radius 2 is 2.40 bits per heavy atom. The van der Waals surface area contributed by atoms with E-state index in [1.54, 1.807) is 13.8 Å². The minimum absolute atomic E-state index is 0.358. The van der Waals surface area contributed by atoms with Crippen molar-refractivity contribution in [2.24, 2.45) is 0 Å². The number of nitrogens with zero attached hydrogens (tertiary/aromatic N) is 2. The summed E-state index contributed by atoms with van der Waals surface area (Å²) in [6, 6.07) is 0. The fraction of sp³-hybridized carbons (Fsp3) is 0.643. The van der Waals surface area contributed by atoms with Gasteiger partial charge in [-0.2, -0.15) is 11.8 Å². The highest BCUT2D eigenvalue weighted by Gasteiger charge is 2.15. The molecule has 1 saturated heterocycles. The molecule has 20 heavy (non-hydrogen) atoms. The van der Waals surface area contributed by atoms with E-state index in [1.807, 2.05) is 11.8 Å². The van der Waals surface area contributed by atoms with Gasteiger partial charge in [0.2, 0.25) is 5.95 Å². The summed E-state index contributed by atoms with van der Waals surface area (Å²) in [6.45, 7) is 4.82. The van der Waals surface area contributed by atoms with E-state index in [4.69, 9.17) is 4.74 Å². The first-order valence-corrected chi connectivity index (χ1v) is 8.11. The molecule has 1 aliphatic rings. The second-order valence-electron chi connectivity index (χ2n) is 4.78. The standard InChI is InChI=1S/C14H21N3O2S/c1-3-19-13(18)12-9-16-14(17-10(12)2)15-8-11-6-4-5-7-20-11/h9,11H,3-8H2,1-2H3,(H,15,16,17). The van der Waals surface area contributed by atoms with Gasteiger partial charge in [-0.3, -0.25) is 0 Å². The van der Waals surface area contributed by atoms with Crippen LogP contribution < -0.4 is 5.32 Å². The lowest BCUT2D eigenvalue weighted by Gasteiger charge is -2.21. The smallest absolute Gasteiger partial charge is 0.341 e. The molecule has 0 aliphatic carbocycles. The number of thioether (sulfide) groups is 1. The summed E-state index contributed by atoms with van der Waals surface area (Å²) >= 11 is 2.01. The quantitative estimate of drug-likeness (QED) is 0.843. The molecule has 0 saturated carbocycles. The molecule has 5 nitrogen and oxygen atoms in total. The molecule has 0 bridgehead atoms. The second-order valence-corrected chi connectivity index (χ2v) is 6.19. The molecule has 1 aliphatic heterocycles. The monoisotopic (exact) mass is 295 g/mol. The zero-order valence-corrected chi connectivity index (χ0v) is 12.8. The topological polar surface area (TPSA) is 64.1 Å². The first-order chi connectivity index (χ1) is 9.70. The summed E-state index contributed by atoms with van der Waals surface area (Å²) in [5, 5.41) is 3.89. The second kappa shape index (κ2) is 7.47. The molecule has 2 heterocycles. The first kappa shape index (κ1) is 15.1. The molecule has 1 N–H and O–H groups in total. The third-order valence-corrected chi connectivity index (χ3v) is 4.63. The maximum Gasteiger partial charge on any atom is 0.341 e. The zero-order chi connectivity index (χ0) is 14.4. The van der Waals surface area contributed by atoms with Crippen molar-refractivity contribution in [3.63, 3.8) is 0 Å². The Bertz CT molecular complexity index is 462. The molecule has 1 unspecified atom stereocenters. The highest BCUT2D eigenvalue weighted by atomic mass is 32.2. The number of carbonyl (C=O) groups is 1. The Hall–Kier alpha value is -1.30. The van der Waals surface area contributed by atoms with Crippen molar-refractivity contribution < 1.29 is 9.53 Å². The van der Waals surface area contributed by atoms with Crippen LogP contribution in [0.15, 0.2) is 6.20 Å². The molecule has 1 aromatic heterocycles. The van der Waals surface area contributed by atoms with Crippen molar-refractivity contribution in [2.75, 3.05) is 24.2 Å². The summed E-state index contributed by atoms with van der Waals surface area (Å²) in [7, 11) is 0. The normalized spacial score (nSPS) is 18.6. The minimum Gasteiger partial charge on any atom is -0.462 e. The van der Waals surface area contributed by atoms with E-state index in [-0.39, 0.29) is 5.97 Å². The molecule has 110 valence electrons. The Labute approximate surface area is 123 Å². The van der Waals surface area contributed by atoms with E-state index in [2.05, 4.69) is 15.3 Å². The van der Waals surface area contributed by atoms with Gasteiger partial charge in [-0.25, -0.2) is 14.8 Å². The van der Waals surface area contributed by atoms with E-state index >= 15 is 0 Å². The molecule has 2 rings (SSSR count). The van der Waals surface area contributed by atoms with Crippen LogP contribution in [0.2, 0.25) is 0 Å². The molecule has 0 amide bonds. The number of hydrogen-bond acceptors (Lipinski definition) is 6. The first-order valence-electron chi connectivity index (χ1n) is 7.07. The molecule has 1 aromatic rings. The van der Waals surface area contributed by atoms with E-state index in [9.17, 15) is 4.79 Å². The van der Waals surface area contributed by atoms with Crippen LogP contribution in [0.4, 0.5) is 5.95 Å². The Kier molecular flexibility index (Phi) is 5.64. The molecule has 0 spiro atoms. The zero-order valence-electron chi connectivity index (χ0n) is 12.0. The van der Waals surface area contributed by atoms with Crippen LogP contribution >= 0.6 is 11.8 Å². The van der Waals surface area contributed by atoms with Gasteiger partial charge >= 0.3 is 5.97 Å². The summed E-state index contributed by atoms with van der Waals surface area (Å²) in [5.41, 5.74) is 1.08. The van der Waals surface area contributed by atoms with Gasteiger partial charge < -0.3 is 10.1 Å². The third-order valence-electron chi connectivity index (χ3n) is 3.24. The average Bonchev–Trinajstić information content (AvgIpc) is 2.46. The van der Waals surface area contributed by atoms with Gasteiger partial charge in [0, 0.05) is 18.0 Å². The van der Waals surface area contributed by atoms with Crippen molar-refractivity contribution >= 4 is 23.7 Å². The van der Waals surface area contributed by atoms with Gasteiger partial charge in [0.05, 0.1) is 17.9 Å². The number of hydrogen-bond donors (Lipinski definition) is 1. The lowest BCUT2D eigenvalue weighted by Crippen LogP contribution is -2.21. The van der Waals surface area contributed by atoms with Crippen LogP contribution in [0.25, 0.3) is 0 Å². The number of aryl methyl sites for hydroxylation is 1. The number of carbonyl (C=O) groups excluding carboxylic acids is 1. The summed E-state index contributed by atoms with van der Waals surface area (Å²) in [4.78, 5) is 20.2. The molecule has 6 heteroatoms. The Morgan fingerprint density at radius 1 is 1.55 bits per heavy atom. The summed E-state index contributed by atoms with van der Waals surface area (Å²) < 4.78 is 4.96. The third kappa shape index (κ3) is 4.10. The van der Waals surface area contributed by atoms with Gasteiger partial charge in [-0.1, -0.05) is 6.42 Å². The van der Waals surface area contributed by atoms with Crippen LogP contribution in [-0.2, 0) is 4.74 Å². The minimum atomic E-state index is -0.362. The van der Waals surface area contributed by atoms with Gasteiger partial charge in [0.25, 0.3) is 0 Å². The van der Waals surface area contributed by atoms with Crippen molar-refractivity contribution in [1.82, 2.24) is 9.97 Å². The van der Waals surface area contributed by atoms with Crippen LogP contribution in [0.3, 0.4) is 0 Å². The van der Waals surface area contributed by atoms with Crippen molar-refractivity contribution in [3.05, 3.63) is 17.5 Å². The largest absolute Gasteiger partial charge is 0.462 e. The molecular weight excluding hydrogens is 274 g/mol. The summed E-state index contributed by atoms with van der Waals surface area (Å²) in [6.07, 6.45) is 5.42. The number of rotatable bonds is 5. The number of anilines is 1. The molecule has 1 fully saturated rings. The molecule has 0 radical (unpaired) electrons. The molecule has 0 aromatic carbocycles. The maximum absolute atomic E-state index is 11.7. The predicted molar refractivity (Wildman–Crippen MR) is 81.3 cm³/mol. The SMILES string of the molecule is CCOC(=O)c1cnc(NCC2CCCCS2)nc1C. The van der Waals surface area contributed by atoms with Gasteiger partial charge in [0.15, 0.2) is 0 Å². The number of esters is 1. The van der Waals surface area contributed by atoms with Crippen LogP contribution in [0.5, 0.6) is 0 Å². The van der Waals surface area contributed by atoms with Gasteiger partial charge in [-0.05, 0) is 32.4 Å². The Balaban J connectivity index is 1.92. The summed E-state index contributed by atoms with van der Waals surface area (Å²) in [5.74, 6) is 1.47. The molecular formula is C14H21N3O2S. The molecule has 1 atom stereocenters. The maximum atomic E-state index is 11.7. The lowest BCUT2D eigenvalue weighted by atomic mass is 10.2. The average molecular weight is 295 g/mol. The number of nitrogens with one attached hydrogen (secondary N) is 1. The fourth-order valence-corrected chi connectivity index (χ4v) is 3.37. The van der Waals surface area contributed by atoms with Crippen molar-refractivity contribution in [1.29, 1.82) is 0 Å². The van der Waals surface area contributed by atoms with Crippen LogP contribution in [0.1, 0.15) is 42.2 Å². The van der Waals surface area contributed by atoms with E-state index in [0.717, 1.165) is 6.54 Å². The fourth-order valence-electron chi connectivity index (χ4n) is 2.13. The van der Waals surface area contributed by atoms with E-state index < -0.39 is 0 Å². The van der Waals surface area contributed by atoms with Crippen LogP contribution in [0, 0.1) is 6.92 Å². The van der Waals surface area contributed by atoms with E-state index in [1.165, 1.54) is 31.2 Å². The van der Waals surface area contributed by atoms with Gasteiger partial charge in [0.1, 0.15) is 0 Å². The van der Waals surface area contributed by atoms with E-state index in [0.29, 0.717) is 29.1 Å². The van der Waals surface area contributed by atoms with Crippen LogP contribution in [-0.4, -0.2) is 40.1 Å².